The van der Waals surface area contributed by atoms with Gasteiger partial charge in [-0.15, -0.1) is 0 Å². The summed E-state index contributed by atoms with van der Waals surface area (Å²) in [5.41, 5.74) is -3.44. The third-order valence-corrected chi connectivity index (χ3v) is 4.34. The van der Waals surface area contributed by atoms with Crippen LogP contribution in [-0.4, -0.2) is 27.4 Å². The number of benzene rings is 1. The fraction of sp³-hybridized carbons (Fsp3) is 0.400. The third kappa shape index (κ3) is 2.16. The summed E-state index contributed by atoms with van der Waals surface area (Å²) in [6.45, 7) is 0. The lowest BCUT2D eigenvalue weighted by molar-refractivity contribution is -0.0821. The predicted octanol–water partition coefficient (Wildman–Crippen LogP) is 2.74. The fourth-order valence-corrected chi connectivity index (χ4v) is 2.90. The van der Waals surface area contributed by atoms with E-state index in [9.17, 15) is 23.1 Å². The monoisotopic (exact) mass is 314 g/mol. The van der Waals surface area contributed by atoms with Gasteiger partial charge in [0.2, 0.25) is 5.82 Å². The highest BCUT2D eigenvalue weighted by Gasteiger charge is 2.51. The zero-order chi connectivity index (χ0) is 16.1. The molecule has 1 aromatic rings. The van der Waals surface area contributed by atoms with Gasteiger partial charge in [-0.1, -0.05) is 0 Å². The first-order valence-corrected chi connectivity index (χ1v) is 6.78. The van der Waals surface area contributed by atoms with Gasteiger partial charge >= 0.3 is 5.97 Å². The van der Waals surface area contributed by atoms with Crippen LogP contribution in [0.25, 0.3) is 0 Å². The van der Waals surface area contributed by atoms with Crippen LogP contribution in [0.15, 0.2) is 24.0 Å². The van der Waals surface area contributed by atoms with Crippen LogP contribution in [0.2, 0.25) is 0 Å². The molecule has 2 N–H and O–H groups in total. The molecule has 0 amide bonds. The van der Waals surface area contributed by atoms with Gasteiger partial charge in [0.15, 0.2) is 11.6 Å². The summed E-state index contributed by atoms with van der Waals surface area (Å²) in [6, 6.07) is 1.73. The maximum Gasteiger partial charge on any atom is 0.342 e. The molecule has 2 bridgehead atoms. The molecule has 0 unspecified atom stereocenters. The van der Waals surface area contributed by atoms with Gasteiger partial charge in [-0.3, -0.25) is 0 Å². The van der Waals surface area contributed by atoms with Crippen molar-refractivity contribution < 1.29 is 32.9 Å². The van der Waals surface area contributed by atoms with E-state index in [1.807, 2.05) is 0 Å². The molecule has 1 aromatic carbocycles. The Morgan fingerprint density at radius 1 is 1.09 bits per heavy atom. The van der Waals surface area contributed by atoms with Crippen molar-refractivity contribution in [1.29, 1.82) is 0 Å². The van der Waals surface area contributed by atoms with E-state index in [2.05, 4.69) is 0 Å². The second kappa shape index (κ2) is 4.74. The zero-order valence-electron chi connectivity index (χ0n) is 11.4. The van der Waals surface area contributed by atoms with Gasteiger partial charge in [-0.2, -0.15) is 4.39 Å². The standard InChI is InChI=1S/C15H13F3O4/c16-10-7-14(3-5-15(10,21)6-4-14)22-13(20)8-1-2-9(19)12(18)11(8)17/h1-2,7,19,21H,3-6H2. The number of esters is 1. The number of hydrogen-bond acceptors (Lipinski definition) is 4. The van der Waals surface area contributed by atoms with Crippen LogP contribution < -0.4 is 0 Å². The summed E-state index contributed by atoms with van der Waals surface area (Å²) in [4.78, 5) is 12.0. The summed E-state index contributed by atoms with van der Waals surface area (Å²) < 4.78 is 46.0. The number of aromatic hydroxyl groups is 1. The Morgan fingerprint density at radius 2 is 1.73 bits per heavy atom. The van der Waals surface area contributed by atoms with Gasteiger partial charge < -0.3 is 14.9 Å². The SMILES string of the molecule is O=C(OC12C=C(F)C(O)(CC1)CC2)c1ccc(O)c(F)c1F. The highest BCUT2D eigenvalue weighted by molar-refractivity contribution is 5.90. The first kappa shape index (κ1) is 14.9. The molecule has 22 heavy (non-hydrogen) atoms. The number of ether oxygens (including phenoxy) is 1. The Morgan fingerprint density at radius 3 is 2.32 bits per heavy atom. The lowest BCUT2D eigenvalue weighted by Crippen LogP contribution is -2.50. The van der Waals surface area contributed by atoms with E-state index in [4.69, 9.17) is 9.84 Å². The number of fused-ring (bicyclic) bond motifs is 2. The van der Waals surface area contributed by atoms with Crippen molar-refractivity contribution in [1.82, 2.24) is 0 Å². The van der Waals surface area contributed by atoms with E-state index in [-0.39, 0.29) is 25.7 Å². The minimum absolute atomic E-state index is 0.0923. The number of aliphatic hydroxyl groups is 1. The van der Waals surface area contributed by atoms with Crippen molar-refractivity contribution in [2.45, 2.75) is 36.9 Å². The van der Waals surface area contributed by atoms with Crippen LogP contribution in [0.1, 0.15) is 36.0 Å². The Kier molecular flexibility index (Phi) is 3.21. The number of carbonyl (C=O) groups excluding carboxylic acids is 1. The van der Waals surface area contributed by atoms with Crippen molar-refractivity contribution >= 4 is 5.97 Å². The molecule has 0 atom stereocenters. The molecule has 1 fully saturated rings. The summed E-state index contributed by atoms with van der Waals surface area (Å²) in [7, 11) is 0. The van der Waals surface area contributed by atoms with Gasteiger partial charge in [0.1, 0.15) is 17.0 Å². The Hall–Kier alpha value is -2.02. The minimum Gasteiger partial charge on any atom is -0.505 e. The van der Waals surface area contributed by atoms with E-state index in [0.29, 0.717) is 0 Å². The highest BCUT2D eigenvalue weighted by Crippen LogP contribution is 2.48. The molecule has 0 saturated heterocycles. The van der Waals surface area contributed by atoms with Gasteiger partial charge in [-0.25, -0.2) is 13.6 Å². The Bertz CT molecular complexity index is 676. The van der Waals surface area contributed by atoms with Crippen LogP contribution in [0.4, 0.5) is 13.2 Å². The number of halogens is 3. The zero-order valence-corrected chi connectivity index (χ0v) is 11.4. The summed E-state index contributed by atoms with van der Waals surface area (Å²) in [6.07, 6.45) is 1.62. The number of hydrogen-bond donors (Lipinski definition) is 2. The van der Waals surface area contributed by atoms with Crippen LogP contribution >= 0.6 is 0 Å². The molecule has 3 aliphatic carbocycles. The largest absolute Gasteiger partial charge is 0.505 e. The number of carbonyl (C=O) groups is 1. The fourth-order valence-electron chi connectivity index (χ4n) is 2.90. The van der Waals surface area contributed by atoms with E-state index >= 15 is 0 Å². The molecule has 118 valence electrons. The quantitative estimate of drug-likeness (QED) is 0.824. The smallest absolute Gasteiger partial charge is 0.342 e. The molecule has 4 nitrogen and oxygen atoms in total. The van der Waals surface area contributed by atoms with Crippen molar-refractivity contribution in [3.05, 3.63) is 41.2 Å². The van der Waals surface area contributed by atoms with Crippen LogP contribution in [0.5, 0.6) is 5.75 Å². The van der Waals surface area contributed by atoms with Gasteiger partial charge in [-0.05, 0) is 43.9 Å². The van der Waals surface area contributed by atoms with Crippen molar-refractivity contribution in [3.8, 4) is 5.75 Å². The van der Waals surface area contributed by atoms with Crippen LogP contribution in [0.3, 0.4) is 0 Å². The van der Waals surface area contributed by atoms with Gasteiger partial charge in [0.25, 0.3) is 0 Å². The molecule has 7 heteroatoms. The van der Waals surface area contributed by atoms with E-state index in [1.165, 1.54) is 0 Å². The molecular formula is C15H13F3O4. The Balaban J connectivity index is 1.88. The molecule has 1 saturated carbocycles. The number of rotatable bonds is 2. The average molecular weight is 314 g/mol. The third-order valence-electron chi connectivity index (χ3n) is 4.34. The summed E-state index contributed by atoms with van der Waals surface area (Å²) in [5.74, 6) is -5.90. The molecule has 0 heterocycles. The first-order valence-electron chi connectivity index (χ1n) is 6.78. The molecule has 0 radical (unpaired) electrons. The first-order chi connectivity index (χ1) is 10.3. The normalized spacial score (nSPS) is 30.1. The molecule has 0 spiro atoms. The number of phenols is 1. The van der Waals surface area contributed by atoms with E-state index in [1.54, 1.807) is 0 Å². The maximum atomic E-state index is 13.8. The summed E-state index contributed by atoms with van der Waals surface area (Å²) in [5, 5.41) is 19.0. The lowest BCUT2D eigenvalue weighted by atomic mass is 9.69. The second-order valence-corrected chi connectivity index (χ2v) is 5.74. The second-order valence-electron chi connectivity index (χ2n) is 5.74. The molecular weight excluding hydrogens is 301 g/mol. The van der Waals surface area contributed by atoms with Crippen molar-refractivity contribution in [2.75, 3.05) is 0 Å². The molecule has 0 aromatic heterocycles. The van der Waals surface area contributed by atoms with Crippen molar-refractivity contribution in [3.63, 3.8) is 0 Å². The maximum absolute atomic E-state index is 13.8. The van der Waals surface area contributed by atoms with Crippen LogP contribution in [-0.2, 0) is 4.74 Å². The Labute approximate surface area is 123 Å². The van der Waals surface area contributed by atoms with E-state index in [0.717, 1.165) is 18.2 Å². The van der Waals surface area contributed by atoms with Gasteiger partial charge in [0.05, 0.1) is 5.56 Å². The predicted molar refractivity (Wildman–Crippen MR) is 68.8 cm³/mol. The molecule has 0 aliphatic heterocycles. The lowest BCUT2D eigenvalue weighted by Gasteiger charge is -2.46. The average Bonchev–Trinajstić information content (AvgIpc) is 2.47. The highest BCUT2D eigenvalue weighted by atomic mass is 19.2. The molecule has 3 aliphatic rings. The summed E-state index contributed by atoms with van der Waals surface area (Å²) >= 11 is 0. The van der Waals surface area contributed by atoms with Crippen molar-refractivity contribution in [2.24, 2.45) is 0 Å². The molecule has 4 rings (SSSR count). The number of phenolic OH excluding ortho intramolecular Hbond substituents is 1. The topological polar surface area (TPSA) is 66.8 Å². The van der Waals surface area contributed by atoms with Gasteiger partial charge in [0, 0.05) is 0 Å². The van der Waals surface area contributed by atoms with Crippen LogP contribution in [0, 0.1) is 11.6 Å². The minimum atomic E-state index is -1.55. The van der Waals surface area contributed by atoms with E-state index < -0.39 is 45.9 Å².